The maximum Gasteiger partial charge on any atom is -0.00183 e. The van der Waals surface area contributed by atoms with E-state index in [0.29, 0.717) is 0 Å². The topological polar surface area (TPSA) is 3.24 Å². The summed E-state index contributed by atoms with van der Waals surface area (Å²) in [6, 6.07) is 0. The highest BCUT2D eigenvalue weighted by Crippen LogP contribution is 2.08. The molecule has 0 aromatic carbocycles. The van der Waals surface area contributed by atoms with Crippen LogP contribution in [0.4, 0.5) is 0 Å². The van der Waals surface area contributed by atoms with E-state index in [1.54, 1.807) is 0 Å². The van der Waals surface area contributed by atoms with Crippen LogP contribution in [0.15, 0.2) is 0 Å². The first-order valence-corrected chi connectivity index (χ1v) is 4.66. The van der Waals surface area contributed by atoms with E-state index < -0.39 is 0 Å². The lowest BCUT2D eigenvalue weighted by atomic mass is 10.2. The van der Waals surface area contributed by atoms with Crippen LogP contribution in [0.25, 0.3) is 0 Å². The van der Waals surface area contributed by atoms with Crippen LogP contribution in [0.5, 0.6) is 0 Å². The van der Waals surface area contributed by atoms with Gasteiger partial charge in [-0.1, -0.05) is 19.8 Å². The molecule has 0 bridgehead atoms. The fourth-order valence-electron chi connectivity index (χ4n) is 1.59. The van der Waals surface area contributed by atoms with Crippen LogP contribution in [0.3, 0.4) is 0 Å². The van der Waals surface area contributed by atoms with E-state index in [1.807, 2.05) is 0 Å². The van der Waals surface area contributed by atoms with E-state index in [2.05, 4.69) is 11.8 Å². The second kappa shape index (κ2) is 7.11. The van der Waals surface area contributed by atoms with Crippen molar-refractivity contribution in [1.82, 2.24) is 4.90 Å². The Labute approximate surface area is 80.9 Å². The minimum Gasteiger partial charge on any atom is -0.303 e. The minimum absolute atomic E-state index is 0. The van der Waals surface area contributed by atoms with Crippen LogP contribution in [0, 0.1) is 0 Å². The second-order valence-corrected chi connectivity index (χ2v) is 3.26. The van der Waals surface area contributed by atoms with Gasteiger partial charge in [0.2, 0.25) is 0 Å². The molecule has 0 spiro atoms. The van der Waals surface area contributed by atoms with Crippen molar-refractivity contribution in [2.24, 2.45) is 0 Å². The predicted molar refractivity (Wildman–Crippen MR) is 55.5 cm³/mol. The second-order valence-electron chi connectivity index (χ2n) is 3.26. The van der Waals surface area contributed by atoms with Crippen LogP contribution < -0.4 is 0 Å². The predicted octanol–water partition coefficient (Wildman–Crippen LogP) is 2.85. The Hall–Kier alpha value is 0.440. The molecule has 0 saturated carbocycles. The summed E-state index contributed by atoms with van der Waals surface area (Å²) in [7, 11) is 0. The fourth-order valence-corrected chi connectivity index (χ4v) is 1.59. The van der Waals surface area contributed by atoms with Crippen molar-refractivity contribution in [2.75, 3.05) is 19.6 Å². The molecular weight excluding hydrogens is 202 g/mol. The lowest BCUT2D eigenvalue weighted by molar-refractivity contribution is 0.329. The van der Waals surface area contributed by atoms with Gasteiger partial charge >= 0.3 is 0 Å². The first kappa shape index (κ1) is 11.4. The molecule has 1 aliphatic heterocycles. The van der Waals surface area contributed by atoms with Gasteiger partial charge in [0.05, 0.1) is 0 Å². The van der Waals surface area contributed by atoms with Crippen LogP contribution in [-0.2, 0) is 0 Å². The summed E-state index contributed by atoms with van der Waals surface area (Å²) in [5.74, 6) is 0. The number of hydrogen-bond donors (Lipinski definition) is 0. The molecule has 1 saturated heterocycles. The van der Waals surface area contributed by atoms with Gasteiger partial charge in [-0.05, 0) is 38.9 Å². The van der Waals surface area contributed by atoms with Gasteiger partial charge in [0, 0.05) is 0 Å². The molecule has 0 aliphatic carbocycles. The normalized spacial score (nSPS) is 18.3. The summed E-state index contributed by atoms with van der Waals surface area (Å²) in [6.07, 6.45) is 7.05. The Balaban J connectivity index is 0.000001000. The van der Waals surface area contributed by atoms with E-state index in [0.717, 1.165) is 0 Å². The molecule has 1 nitrogen and oxygen atoms in total. The summed E-state index contributed by atoms with van der Waals surface area (Å²) in [4.78, 5) is 2.59. The van der Waals surface area contributed by atoms with Gasteiger partial charge in [-0.15, -0.1) is 17.0 Å². The maximum atomic E-state index is 2.59. The van der Waals surface area contributed by atoms with Crippen molar-refractivity contribution in [3.63, 3.8) is 0 Å². The lowest BCUT2D eigenvalue weighted by Gasteiger charge is -2.12. The van der Waals surface area contributed by atoms with Crippen molar-refractivity contribution in [1.29, 1.82) is 0 Å². The zero-order chi connectivity index (χ0) is 7.23. The highest BCUT2D eigenvalue weighted by molar-refractivity contribution is 8.93. The number of hydrogen-bond acceptors (Lipinski definition) is 1. The Bertz CT molecular complexity index is 79.6. The highest BCUT2D eigenvalue weighted by atomic mass is 79.9. The van der Waals surface area contributed by atoms with E-state index in [-0.39, 0.29) is 17.0 Å². The van der Waals surface area contributed by atoms with Crippen molar-refractivity contribution in [3.8, 4) is 0 Å². The summed E-state index contributed by atoms with van der Waals surface area (Å²) in [5, 5.41) is 0. The minimum atomic E-state index is 0. The molecule has 0 aromatic rings. The zero-order valence-corrected chi connectivity index (χ0v) is 9.23. The van der Waals surface area contributed by atoms with Crippen molar-refractivity contribution < 1.29 is 0 Å². The van der Waals surface area contributed by atoms with Crippen molar-refractivity contribution in [3.05, 3.63) is 0 Å². The molecule has 1 aliphatic rings. The number of unbranched alkanes of at least 4 members (excludes halogenated alkanes) is 2. The van der Waals surface area contributed by atoms with Gasteiger partial charge in [-0.3, -0.25) is 0 Å². The zero-order valence-electron chi connectivity index (χ0n) is 7.51. The number of halogens is 1. The number of rotatable bonds is 4. The van der Waals surface area contributed by atoms with Crippen LogP contribution in [-0.4, -0.2) is 24.5 Å². The SMILES string of the molecule is Br.CCCCCN1CCCC1. The third-order valence-corrected chi connectivity index (χ3v) is 2.28. The molecule has 0 amide bonds. The largest absolute Gasteiger partial charge is 0.303 e. The molecule has 0 N–H and O–H groups in total. The molecule has 68 valence electrons. The summed E-state index contributed by atoms with van der Waals surface area (Å²) >= 11 is 0. The van der Waals surface area contributed by atoms with Crippen LogP contribution in [0.2, 0.25) is 0 Å². The first-order valence-electron chi connectivity index (χ1n) is 4.66. The smallest absolute Gasteiger partial charge is 0.00183 e. The van der Waals surface area contributed by atoms with E-state index >= 15 is 0 Å². The summed E-state index contributed by atoms with van der Waals surface area (Å²) in [5.41, 5.74) is 0. The molecule has 0 aromatic heterocycles. The third-order valence-electron chi connectivity index (χ3n) is 2.28. The number of likely N-dealkylation sites (tertiary alicyclic amines) is 1. The van der Waals surface area contributed by atoms with Crippen molar-refractivity contribution in [2.45, 2.75) is 39.0 Å². The first-order chi connectivity index (χ1) is 4.93. The average molecular weight is 222 g/mol. The molecule has 1 rings (SSSR count). The Morgan fingerprint density at radius 1 is 1.09 bits per heavy atom. The van der Waals surface area contributed by atoms with Gasteiger partial charge in [0.1, 0.15) is 0 Å². The molecule has 0 atom stereocenters. The summed E-state index contributed by atoms with van der Waals surface area (Å²) in [6.45, 7) is 6.35. The van der Waals surface area contributed by atoms with E-state index in [4.69, 9.17) is 0 Å². The number of nitrogens with zero attached hydrogens (tertiary/aromatic N) is 1. The molecule has 0 radical (unpaired) electrons. The molecule has 1 fully saturated rings. The van der Waals surface area contributed by atoms with E-state index in [1.165, 1.54) is 51.7 Å². The van der Waals surface area contributed by atoms with Crippen molar-refractivity contribution >= 4 is 17.0 Å². The molecule has 11 heavy (non-hydrogen) atoms. The summed E-state index contributed by atoms with van der Waals surface area (Å²) < 4.78 is 0. The van der Waals surface area contributed by atoms with Crippen LogP contribution >= 0.6 is 17.0 Å². The Morgan fingerprint density at radius 2 is 1.73 bits per heavy atom. The standard InChI is InChI=1S/C9H19N.BrH/c1-2-3-4-7-10-8-5-6-9-10;/h2-9H2,1H3;1H. The lowest BCUT2D eigenvalue weighted by Crippen LogP contribution is -2.20. The highest BCUT2D eigenvalue weighted by Gasteiger charge is 2.09. The average Bonchev–Trinajstić information content (AvgIpc) is 2.41. The quantitative estimate of drug-likeness (QED) is 0.661. The monoisotopic (exact) mass is 221 g/mol. The van der Waals surface area contributed by atoms with Gasteiger partial charge < -0.3 is 4.90 Å². The molecular formula is C9H20BrN. The fraction of sp³-hybridized carbons (Fsp3) is 1.00. The Kier molecular flexibility index (Phi) is 7.39. The van der Waals surface area contributed by atoms with E-state index in [9.17, 15) is 0 Å². The van der Waals surface area contributed by atoms with Gasteiger partial charge in [0.25, 0.3) is 0 Å². The molecule has 2 heteroatoms. The van der Waals surface area contributed by atoms with Gasteiger partial charge in [-0.2, -0.15) is 0 Å². The molecule has 0 unspecified atom stereocenters. The molecule has 1 heterocycles. The maximum absolute atomic E-state index is 2.59. The third kappa shape index (κ3) is 4.81. The van der Waals surface area contributed by atoms with Crippen LogP contribution in [0.1, 0.15) is 39.0 Å². The van der Waals surface area contributed by atoms with Gasteiger partial charge in [-0.25, -0.2) is 0 Å². The Morgan fingerprint density at radius 3 is 2.27 bits per heavy atom. The van der Waals surface area contributed by atoms with Gasteiger partial charge in [0.15, 0.2) is 0 Å².